The van der Waals surface area contributed by atoms with Crippen molar-refractivity contribution in [3.05, 3.63) is 74.8 Å². The normalized spacial score (nSPS) is 12.1. The zero-order chi connectivity index (χ0) is 21.3. The molecule has 2 heterocycles. The lowest BCUT2D eigenvalue weighted by molar-refractivity contribution is 0.536. The number of para-hydroxylation sites is 1. The molecular formula is C21H23N7O2. The maximum atomic E-state index is 13.1. The molecule has 4 rings (SSSR count). The molecule has 0 radical (unpaired) electrons. The highest BCUT2D eigenvalue weighted by Gasteiger charge is 2.21. The summed E-state index contributed by atoms with van der Waals surface area (Å²) in [6, 6.07) is 15.1. The first-order valence-corrected chi connectivity index (χ1v) is 9.69. The van der Waals surface area contributed by atoms with Crippen LogP contribution in [0.25, 0.3) is 11.0 Å². The van der Waals surface area contributed by atoms with Crippen molar-refractivity contribution in [2.75, 3.05) is 10.6 Å². The van der Waals surface area contributed by atoms with Crippen LogP contribution in [-0.2, 0) is 14.1 Å². The number of rotatable bonds is 6. The number of fused-ring (bicyclic) bond motifs is 1. The number of nitrogens with zero attached hydrogens (tertiary/aromatic N) is 4. The van der Waals surface area contributed by atoms with E-state index in [4.69, 9.17) is 0 Å². The van der Waals surface area contributed by atoms with E-state index in [1.54, 1.807) is 20.2 Å². The van der Waals surface area contributed by atoms with Crippen molar-refractivity contribution < 1.29 is 0 Å². The van der Waals surface area contributed by atoms with Gasteiger partial charge < -0.3 is 10.6 Å². The van der Waals surface area contributed by atoms with Gasteiger partial charge in [-0.05, 0) is 24.1 Å². The van der Waals surface area contributed by atoms with Crippen LogP contribution in [0.1, 0.15) is 24.9 Å². The van der Waals surface area contributed by atoms with E-state index in [-0.39, 0.29) is 28.5 Å². The fourth-order valence-corrected chi connectivity index (χ4v) is 3.44. The molecule has 154 valence electrons. The fourth-order valence-electron chi connectivity index (χ4n) is 3.44. The molecule has 0 aliphatic carbocycles. The van der Waals surface area contributed by atoms with E-state index in [0.29, 0.717) is 16.7 Å². The predicted molar refractivity (Wildman–Crippen MR) is 117 cm³/mol. The first-order valence-electron chi connectivity index (χ1n) is 9.69. The Hall–Kier alpha value is -3.88. The molecule has 0 aliphatic rings. The second kappa shape index (κ2) is 7.86. The average Bonchev–Trinajstić information content (AvgIpc) is 3.26. The highest BCUT2D eigenvalue weighted by Crippen LogP contribution is 2.27. The van der Waals surface area contributed by atoms with Crippen LogP contribution in [0.2, 0.25) is 0 Å². The van der Waals surface area contributed by atoms with Gasteiger partial charge in [-0.1, -0.05) is 43.3 Å². The molecule has 0 saturated carbocycles. The third kappa shape index (κ3) is 3.34. The van der Waals surface area contributed by atoms with Gasteiger partial charge in [0.05, 0.1) is 11.7 Å². The largest absolute Gasteiger partial charge is 0.372 e. The molecular weight excluding hydrogens is 382 g/mol. The summed E-state index contributed by atoms with van der Waals surface area (Å²) >= 11 is 0. The third-order valence-corrected chi connectivity index (χ3v) is 5.25. The molecule has 9 heteroatoms. The molecule has 0 fully saturated rings. The summed E-state index contributed by atoms with van der Waals surface area (Å²) in [7, 11) is 3.13. The SMILES string of the molecule is CC[C@@H](Nc1c(Nc2cccc3n[nH]nc23)c(=O)n(C)n(C)c1=O)c1ccccc1. The van der Waals surface area contributed by atoms with Gasteiger partial charge in [0.25, 0.3) is 11.1 Å². The first kappa shape index (κ1) is 19.4. The Morgan fingerprint density at radius 1 is 0.933 bits per heavy atom. The van der Waals surface area contributed by atoms with Crippen molar-refractivity contribution >= 4 is 28.1 Å². The van der Waals surface area contributed by atoms with Gasteiger partial charge in [-0.25, -0.2) is 9.36 Å². The predicted octanol–water partition coefficient (Wildman–Crippen LogP) is 2.66. The maximum absolute atomic E-state index is 13.1. The highest BCUT2D eigenvalue weighted by atomic mass is 16.2. The number of H-pyrrole nitrogens is 1. The molecule has 0 unspecified atom stereocenters. The quantitative estimate of drug-likeness (QED) is 0.455. The van der Waals surface area contributed by atoms with E-state index in [1.807, 2.05) is 49.4 Å². The van der Waals surface area contributed by atoms with Crippen LogP contribution in [0.3, 0.4) is 0 Å². The Kier molecular flexibility index (Phi) is 5.09. The Morgan fingerprint density at radius 3 is 2.33 bits per heavy atom. The zero-order valence-corrected chi connectivity index (χ0v) is 17.0. The summed E-state index contributed by atoms with van der Waals surface area (Å²) in [4.78, 5) is 26.2. The van der Waals surface area contributed by atoms with E-state index >= 15 is 0 Å². The molecule has 9 nitrogen and oxygen atoms in total. The minimum absolute atomic E-state index is 0.130. The lowest BCUT2D eigenvalue weighted by Gasteiger charge is -2.22. The van der Waals surface area contributed by atoms with Gasteiger partial charge >= 0.3 is 0 Å². The molecule has 3 N–H and O–H groups in total. The number of nitrogens with one attached hydrogen (secondary N) is 3. The summed E-state index contributed by atoms with van der Waals surface area (Å²) in [5, 5.41) is 17.2. The lowest BCUT2D eigenvalue weighted by Crippen LogP contribution is -2.38. The number of anilines is 3. The van der Waals surface area contributed by atoms with Gasteiger partial charge in [0.2, 0.25) is 0 Å². The second-order valence-corrected chi connectivity index (χ2v) is 7.05. The summed E-state index contributed by atoms with van der Waals surface area (Å²) in [5.41, 5.74) is 2.62. The van der Waals surface area contributed by atoms with Crippen molar-refractivity contribution in [1.82, 2.24) is 24.8 Å². The van der Waals surface area contributed by atoms with Gasteiger partial charge in [-0.15, -0.1) is 0 Å². The van der Waals surface area contributed by atoms with Crippen LogP contribution < -0.4 is 21.8 Å². The van der Waals surface area contributed by atoms with Crippen LogP contribution >= 0.6 is 0 Å². The molecule has 0 amide bonds. The molecule has 1 atom stereocenters. The second-order valence-electron chi connectivity index (χ2n) is 7.05. The summed E-state index contributed by atoms with van der Waals surface area (Å²) in [6.45, 7) is 2.03. The molecule has 0 aliphatic heterocycles. The third-order valence-electron chi connectivity index (χ3n) is 5.25. The van der Waals surface area contributed by atoms with Gasteiger partial charge in [0, 0.05) is 14.1 Å². The zero-order valence-electron chi connectivity index (χ0n) is 17.0. The molecule has 0 bridgehead atoms. The van der Waals surface area contributed by atoms with Crippen molar-refractivity contribution in [1.29, 1.82) is 0 Å². The van der Waals surface area contributed by atoms with Crippen LogP contribution in [0.15, 0.2) is 58.1 Å². The molecule has 4 aromatic rings. The topological polar surface area (TPSA) is 110 Å². The van der Waals surface area contributed by atoms with E-state index in [2.05, 4.69) is 26.0 Å². The van der Waals surface area contributed by atoms with Crippen LogP contribution in [-0.4, -0.2) is 24.8 Å². The molecule has 0 saturated heterocycles. The van der Waals surface area contributed by atoms with Gasteiger partial charge in [0.15, 0.2) is 0 Å². The average molecular weight is 405 g/mol. The monoisotopic (exact) mass is 405 g/mol. The number of benzene rings is 2. The van der Waals surface area contributed by atoms with Crippen molar-refractivity contribution in [3.8, 4) is 0 Å². The van der Waals surface area contributed by atoms with Crippen LogP contribution in [0.5, 0.6) is 0 Å². The Bertz CT molecular complexity index is 1300. The number of aromatic amines is 1. The molecule has 0 spiro atoms. The lowest BCUT2D eigenvalue weighted by atomic mass is 10.0. The van der Waals surface area contributed by atoms with Gasteiger partial charge in [-0.2, -0.15) is 15.4 Å². The van der Waals surface area contributed by atoms with E-state index in [1.165, 1.54) is 9.36 Å². The van der Waals surface area contributed by atoms with Crippen molar-refractivity contribution in [3.63, 3.8) is 0 Å². The highest BCUT2D eigenvalue weighted by molar-refractivity contribution is 5.90. The fraction of sp³-hybridized carbons (Fsp3) is 0.238. The molecule has 2 aromatic carbocycles. The van der Waals surface area contributed by atoms with Gasteiger partial charge in [-0.3, -0.25) is 9.59 Å². The van der Waals surface area contributed by atoms with Crippen molar-refractivity contribution in [2.45, 2.75) is 19.4 Å². The summed E-state index contributed by atoms with van der Waals surface area (Å²) in [5.74, 6) is 0. The summed E-state index contributed by atoms with van der Waals surface area (Å²) < 4.78 is 2.58. The van der Waals surface area contributed by atoms with Crippen molar-refractivity contribution in [2.24, 2.45) is 14.1 Å². The van der Waals surface area contributed by atoms with Crippen LogP contribution in [0.4, 0.5) is 17.1 Å². The Labute approximate surface area is 172 Å². The Balaban J connectivity index is 1.85. The minimum Gasteiger partial charge on any atom is -0.372 e. The maximum Gasteiger partial charge on any atom is 0.290 e. The first-order chi connectivity index (χ1) is 14.5. The number of hydrogen-bond donors (Lipinski definition) is 3. The number of aromatic nitrogens is 5. The smallest absolute Gasteiger partial charge is 0.290 e. The van der Waals surface area contributed by atoms with Gasteiger partial charge in [0.1, 0.15) is 22.4 Å². The standard InChI is InChI=1S/C21H23N7O2/c1-4-14(13-9-6-5-7-10-13)22-18-19(21(30)28(3)27(2)20(18)29)23-15-11-8-12-16-17(15)25-26-24-16/h5-12,14,22-23H,4H2,1-3H3,(H,24,25,26)/t14-/m1/s1. The molecule has 2 aromatic heterocycles. The number of hydrogen-bond acceptors (Lipinski definition) is 6. The van der Waals surface area contributed by atoms with E-state index in [9.17, 15) is 9.59 Å². The van der Waals surface area contributed by atoms with E-state index < -0.39 is 0 Å². The Morgan fingerprint density at radius 2 is 1.63 bits per heavy atom. The molecule has 30 heavy (non-hydrogen) atoms. The van der Waals surface area contributed by atoms with Crippen LogP contribution in [0, 0.1) is 0 Å². The summed E-state index contributed by atoms with van der Waals surface area (Å²) in [6.07, 6.45) is 0.737. The van der Waals surface area contributed by atoms with E-state index in [0.717, 1.165) is 12.0 Å². The minimum atomic E-state index is -0.331.